The van der Waals surface area contributed by atoms with Crippen LogP contribution in [0.1, 0.15) is 44.5 Å². The Hall–Kier alpha value is -12.1. The van der Waals surface area contributed by atoms with Gasteiger partial charge in [-0.25, -0.2) is 0 Å². The van der Waals surface area contributed by atoms with Gasteiger partial charge in [-0.1, -0.05) is 271 Å². The normalized spacial score (nSPS) is 11.3. The van der Waals surface area contributed by atoms with Crippen LogP contribution in [-0.2, 0) is 0 Å². The molecule has 0 saturated heterocycles. The van der Waals surface area contributed by atoms with Crippen molar-refractivity contribution < 1.29 is 0 Å². The molecule has 0 fully saturated rings. The molecular weight excluding hydrogens is 1230 g/mol. The van der Waals surface area contributed by atoms with E-state index in [1.165, 1.54) is 110 Å². The van der Waals surface area contributed by atoms with Gasteiger partial charge in [0.1, 0.15) is 0 Å². The zero-order chi connectivity index (χ0) is 69.5. The average Bonchev–Trinajstić information content (AvgIpc) is 0.714. The molecule has 0 saturated carbocycles. The number of hydrogen-bond donors (Lipinski definition) is 0. The molecule has 0 heterocycles. The predicted molar refractivity (Wildman–Crippen MR) is 442 cm³/mol. The molecule has 16 aromatic rings. The van der Waals surface area contributed by atoms with Gasteiger partial charge in [-0.3, -0.25) is 0 Å². The quantitative estimate of drug-likeness (QED) is 0.0627. The third-order valence-electron chi connectivity index (χ3n) is 21.0. The van der Waals surface area contributed by atoms with Gasteiger partial charge >= 0.3 is 0 Å². The van der Waals surface area contributed by atoms with Gasteiger partial charge in [0.2, 0.25) is 13.4 Å². The van der Waals surface area contributed by atoms with Crippen LogP contribution in [0.2, 0.25) is 0 Å². The van der Waals surface area contributed by atoms with Gasteiger partial charge in [-0.2, -0.15) is 0 Å². The van der Waals surface area contributed by atoms with Gasteiger partial charge in [0.05, 0.1) is 0 Å². The van der Waals surface area contributed by atoms with E-state index in [2.05, 4.69) is 415 Å². The molecule has 0 aliphatic heterocycles. The lowest BCUT2D eigenvalue weighted by Gasteiger charge is -2.31. The SMILES string of the molecule is Cc1cc(N(c2ccccc2)c2ccccc2)cc(C)c1B(c1c(C)cc(N(c2ccccc2)c2ccccc2)cc1C)c1ccc2ccc3ccc(B(c4c(C)cc(N(c5ccccc5)c5ccccc5)cc4C)c4c(C)cc(N(c5ccccc5)c5ccccc5)cc4C)c4ccc1c2c34. The molecule has 0 aliphatic rings. The zero-order valence-corrected chi connectivity index (χ0v) is 59.3. The van der Waals surface area contributed by atoms with E-state index >= 15 is 0 Å². The summed E-state index contributed by atoms with van der Waals surface area (Å²) >= 11 is 0. The first-order valence-corrected chi connectivity index (χ1v) is 35.7. The Bertz CT molecular complexity index is 4800. The molecule has 16 aromatic carbocycles. The van der Waals surface area contributed by atoms with Crippen LogP contribution in [0.4, 0.5) is 68.2 Å². The highest BCUT2D eigenvalue weighted by Crippen LogP contribution is 2.42. The molecule has 0 spiro atoms. The summed E-state index contributed by atoms with van der Waals surface area (Å²) in [5, 5.41) is 7.57. The summed E-state index contributed by atoms with van der Waals surface area (Å²) in [7, 11) is 0. The minimum atomic E-state index is -0.154. The fraction of sp³-hybridized carbons (Fsp3) is 0.0833. The molecule has 0 radical (unpaired) electrons. The minimum Gasteiger partial charge on any atom is -0.310 e. The van der Waals surface area contributed by atoms with Crippen molar-refractivity contribution in [3.63, 3.8) is 0 Å². The molecular formula is C96H80B2N4. The van der Waals surface area contributed by atoms with Gasteiger partial charge < -0.3 is 19.6 Å². The van der Waals surface area contributed by atoms with E-state index < -0.39 is 0 Å². The van der Waals surface area contributed by atoms with E-state index in [1.54, 1.807) is 0 Å². The van der Waals surface area contributed by atoms with Crippen LogP contribution in [0.25, 0.3) is 32.3 Å². The lowest BCUT2D eigenvalue weighted by atomic mass is 9.33. The Morgan fingerprint density at radius 2 is 0.343 bits per heavy atom. The molecule has 102 heavy (non-hydrogen) atoms. The van der Waals surface area contributed by atoms with E-state index in [-0.39, 0.29) is 13.4 Å². The van der Waals surface area contributed by atoms with E-state index in [9.17, 15) is 0 Å². The van der Waals surface area contributed by atoms with E-state index in [4.69, 9.17) is 0 Å². The molecule has 0 unspecified atom stereocenters. The lowest BCUT2D eigenvalue weighted by Crippen LogP contribution is -2.56. The molecule has 6 heteroatoms. The van der Waals surface area contributed by atoms with Crippen molar-refractivity contribution in [1.29, 1.82) is 0 Å². The number of para-hydroxylation sites is 8. The summed E-state index contributed by atoms with van der Waals surface area (Å²) in [6.45, 7) is 18.4. The molecule has 16 rings (SSSR count). The minimum absolute atomic E-state index is 0.154. The van der Waals surface area contributed by atoms with Crippen LogP contribution < -0.4 is 52.4 Å². The predicted octanol–water partition coefficient (Wildman–Crippen LogP) is 22.0. The summed E-state index contributed by atoms with van der Waals surface area (Å²) in [6, 6.07) is 125. The van der Waals surface area contributed by atoms with Crippen molar-refractivity contribution in [2.24, 2.45) is 0 Å². The third kappa shape index (κ3) is 11.9. The third-order valence-corrected chi connectivity index (χ3v) is 21.0. The molecule has 0 aliphatic carbocycles. The molecule has 0 bridgehead atoms. The molecule has 4 nitrogen and oxygen atoms in total. The second-order valence-corrected chi connectivity index (χ2v) is 27.6. The highest BCUT2D eigenvalue weighted by molar-refractivity contribution is 6.99. The van der Waals surface area contributed by atoms with Crippen LogP contribution in [0.15, 0.2) is 340 Å². The maximum absolute atomic E-state index is 2.49. The Balaban J connectivity index is 0.925. The van der Waals surface area contributed by atoms with Crippen LogP contribution >= 0.6 is 0 Å². The molecule has 0 amide bonds. The topological polar surface area (TPSA) is 13.0 Å². The van der Waals surface area contributed by atoms with E-state index in [0.717, 1.165) is 68.2 Å². The highest BCUT2D eigenvalue weighted by atomic mass is 15.2. The first kappa shape index (κ1) is 64.6. The first-order valence-electron chi connectivity index (χ1n) is 35.7. The van der Waals surface area contributed by atoms with Crippen LogP contribution in [-0.4, -0.2) is 13.4 Å². The van der Waals surface area contributed by atoms with Crippen molar-refractivity contribution in [1.82, 2.24) is 0 Å². The van der Waals surface area contributed by atoms with Crippen molar-refractivity contribution in [3.05, 3.63) is 384 Å². The fourth-order valence-electron chi connectivity index (χ4n) is 16.8. The Morgan fingerprint density at radius 3 is 0.520 bits per heavy atom. The number of hydrogen-bond acceptors (Lipinski definition) is 4. The van der Waals surface area contributed by atoms with Crippen molar-refractivity contribution in [3.8, 4) is 0 Å². The molecule has 0 N–H and O–H groups in total. The van der Waals surface area contributed by atoms with Gasteiger partial charge in [0.15, 0.2) is 0 Å². The van der Waals surface area contributed by atoms with Gasteiger partial charge in [0.25, 0.3) is 0 Å². The van der Waals surface area contributed by atoms with E-state index in [0.29, 0.717) is 0 Å². The number of anilines is 12. The Kier molecular flexibility index (Phi) is 17.4. The Labute approximate surface area is 602 Å². The van der Waals surface area contributed by atoms with Crippen molar-refractivity contribution in [2.45, 2.75) is 55.4 Å². The zero-order valence-electron chi connectivity index (χ0n) is 59.3. The monoisotopic (exact) mass is 1310 g/mol. The summed E-state index contributed by atoms with van der Waals surface area (Å²) in [6.07, 6.45) is 0. The van der Waals surface area contributed by atoms with Crippen LogP contribution in [0.5, 0.6) is 0 Å². The summed E-state index contributed by atoms with van der Waals surface area (Å²) < 4.78 is 0. The van der Waals surface area contributed by atoms with Crippen molar-refractivity contribution in [2.75, 3.05) is 19.6 Å². The number of nitrogens with zero attached hydrogens (tertiary/aromatic N) is 4. The maximum Gasteiger partial charge on any atom is 0.243 e. The van der Waals surface area contributed by atoms with Crippen LogP contribution in [0, 0.1) is 55.4 Å². The summed E-state index contributed by atoms with van der Waals surface area (Å²) in [5.41, 5.74) is 31.2. The van der Waals surface area contributed by atoms with Gasteiger partial charge in [-0.15, -0.1) is 0 Å². The molecule has 0 aromatic heterocycles. The van der Waals surface area contributed by atoms with E-state index in [1.807, 2.05) is 0 Å². The lowest BCUT2D eigenvalue weighted by molar-refractivity contribution is 1.26. The van der Waals surface area contributed by atoms with Gasteiger partial charge in [-0.05, 0) is 233 Å². The summed E-state index contributed by atoms with van der Waals surface area (Å²) in [4.78, 5) is 9.59. The molecule has 490 valence electrons. The Morgan fingerprint density at radius 1 is 0.176 bits per heavy atom. The standard InChI is InChI=1S/C96H80B2N4/c1-65-57-83(99(75-33-17-9-18-34-75)76-35-19-10-20-36-76)58-66(2)93(65)97(94-67(3)59-84(60-68(94)4)100(77-37-21-11-22-38-77)78-39-23-12-24-40-78)89-55-51-73-49-50-74-52-56-90(88-54-53-87(89)91(73)92(74)88)98(95-69(5)61-85(62-70(95)6)101(79-41-25-13-26-42-79)80-43-27-14-28-44-80)96-71(7)63-86(64-72(96)8)102(81-45-29-15-30-46-81)82-47-31-16-32-48-82/h9-64H,1-8H3. The number of aryl methyl sites for hydroxylation is 8. The number of benzene rings is 16. The maximum atomic E-state index is 2.49. The second-order valence-electron chi connectivity index (χ2n) is 27.6. The summed E-state index contributed by atoms with van der Waals surface area (Å²) in [5.74, 6) is 0. The second kappa shape index (κ2) is 27.5. The first-order chi connectivity index (χ1) is 49.9. The van der Waals surface area contributed by atoms with Crippen LogP contribution in [0.3, 0.4) is 0 Å². The average molecular weight is 1310 g/mol. The smallest absolute Gasteiger partial charge is 0.243 e. The largest absolute Gasteiger partial charge is 0.310 e. The van der Waals surface area contributed by atoms with Gasteiger partial charge in [0, 0.05) is 68.2 Å². The number of rotatable bonds is 18. The highest BCUT2D eigenvalue weighted by Gasteiger charge is 2.35. The van der Waals surface area contributed by atoms with Crippen molar-refractivity contribution >= 4 is 147 Å². The fourth-order valence-corrected chi connectivity index (χ4v) is 16.8. The molecule has 0 atom stereocenters.